The van der Waals surface area contributed by atoms with Crippen molar-refractivity contribution in [3.05, 3.63) is 83.6 Å². The van der Waals surface area contributed by atoms with Gasteiger partial charge in [0.1, 0.15) is 5.65 Å². The fourth-order valence-electron chi connectivity index (χ4n) is 2.67. The molecule has 0 aliphatic carbocycles. The van der Waals surface area contributed by atoms with E-state index in [4.69, 9.17) is 0 Å². The summed E-state index contributed by atoms with van der Waals surface area (Å²) in [4.78, 5) is 16.8. The molecular weight excluding hydrogens is 392 g/mol. The molecule has 2 N–H and O–H groups in total. The zero-order chi connectivity index (χ0) is 17.9. The van der Waals surface area contributed by atoms with Gasteiger partial charge in [0.15, 0.2) is 0 Å². The van der Waals surface area contributed by atoms with Gasteiger partial charge in [0, 0.05) is 33.8 Å². The SMILES string of the molecule is O=C(Nc1ccccc1)Nc1cccc(-c2cn3cc(Br)ccc3n2)c1. The number of hydrogen-bond donors (Lipinski definition) is 2. The van der Waals surface area contributed by atoms with Gasteiger partial charge in [-0.3, -0.25) is 0 Å². The maximum absolute atomic E-state index is 12.2. The fraction of sp³-hybridized carbons (Fsp3) is 0. The van der Waals surface area contributed by atoms with Crippen molar-refractivity contribution in [2.75, 3.05) is 10.6 Å². The number of carbonyl (C=O) groups is 1. The molecule has 0 spiro atoms. The van der Waals surface area contributed by atoms with Gasteiger partial charge in [-0.15, -0.1) is 0 Å². The first-order chi connectivity index (χ1) is 12.7. The maximum Gasteiger partial charge on any atom is 0.323 e. The van der Waals surface area contributed by atoms with E-state index in [0.717, 1.165) is 27.1 Å². The number of benzene rings is 2. The molecule has 2 amide bonds. The van der Waals surface area contributed by atoms with Gasteiger partial charge in [-0.05, 0) is 52.3 Å². The van der Waals surface area contributed by atoms with E-state index in [1.54, 1.807) is 0 Å². The Morgan fingerprint density at radius 3 is 2.50 bits per heavy atom. The van der Waals surface area contributed by atoms with Gasteiger partial charge in [-0.2, -0.15) is 0 Å². The van der Waals surface area contributed by atoms with Crippen LogP contribution in [-0.4, -0.2) is 15.4 Å². The molecule has 4 rings (SSSR count). The number of amides is 2. The Labute approximate surface area is 158 Å². The highest BCUT2D eigenvalue weighted by molar-refractivity contribution is 9.10. The molecule has 2 heterocycles. The van der Waals surface area contributed by atoms with Crippen molar-refractivity contribution in [2.45, 2.75) is 0 Å². The highest BCUT2D eigenvalue weighted by Gasteiger charge is 2.07. The van der Waals surface area contributed by atoms with E-state index in [-0.39, 0.29) is 6.03 Å². The van der Waals surface area contributed by atoms with Crippen LogP contribution < -0.4 is 10.6 Å². The Morgan fingerprint density at radius 1 is 0.885 bits per heavy atom. The number of hydrogen-bond acceptors (Lipinski definition) is 2. The smallest absolute Gasteiger partial charge is 0.308 e. The Bertz CT molecular complexity index is 1080. The first-order valence-corrected chi connectivity index (χ1v) is 8.84. The first kappa shape index (κ1) is 16.4. The molecule has 2 aromatic heterocycles. The number of pyridine rings is 1. The second kappa shape index (κ2) is 7.01. The minimum Gasteiger partial charge on any atom is -0.308 e. The quantitative estimate of drug-likeness (QED) is 0.477. The van der Waals surface area contributed by atoms with Crippen LogP contribution in [0.5, 0.6) is 0 Å². The van der Waals surface area contributed by atoms with E-state index in [1.165, 1.54) is 0 Å². The molecule has 4 aromatic rings. The minimum atomic E-state index is -0.285. The zero-order valence-corrected chi connectivity index (χ0v) is 15.3. The summed E-state index contributed by atoms with van der Waals surface area (Å²) in [5.74, 6) is 0. The summed E-state index contributed by atoms with van der Waals surface area (Å²) >= 11 is 3.46. The van der Waals surface area contributed by atoms with Crippen molar-refractivity contribution in [2.24, 2.45) is 0 Å². The number of nitrogens with zero attached hydrogens (tertiary/aromatic N) is 2. The predicted molar refractivity (Wildman–Crippen MR) is 107 cm³/mol. The third-order valence-corrected chi connectivity index (χ3v) is 4.33. The molecule has 0 aliphatic heterocycles. The average Bonchev–Trinajstić information content (AvgIpc) is 3.06. The van der Waals surface area contributed by atoms with Crippen LogP contribution in [0, 0.1) is 0 Å². The number of rotatable bonds is 3. The average molecular weight is 407 g/mol. The molecule has 0 radical (unpaired) electrons. The lowest BCUT2D eigenvalue weighted by atomic mass is 10.1. The van der Waals surface area contributed by atoms with E-state index >= 15 is 0 Å². The monoisotopic (exact) mass is 406 g/mol. The molecule has 0 bridgehead atoms. The van der Waals surface area contributed by atoms with Crippen LogP contribution in [0.4, 0.5) is 16.2 Å². The second-order valence-corrected chi connectivity index (χ2v) is 6.68. The molecule has 2 aromatic carbocycles. The van der Waals surface area contributed by atoms with Crippen molar-refractivity contribution in [1.82, 2.24) is 9.38 Å². The summed E-state index contributed by atoms with van der Waals surface area (Å²) in [6, 6.07) is 20.6. The molecule has 26 heavy (non-hydrogen) atoms. The summed E-state index contributed by atoms with van der Waals surface area (Å²) in [5.41, 5.74) is 4.09. The molecule has 5 nitrogen and oxygen atoms in total. The van der Waals surface area contributed by atoms with Crippen LogP contribution in [0.3, 0.4) is 0 Å². The van der Waals surface area contributed by atoms with Gasteiger partial charge < -0.3 is 15.0 Å². The van der Waals surface area contributed by atoms with Crippen LogP contribution in [-0.2, 0) is 0 Å². The van der Waals surface area contributed by atoms with Crippen LogP contribution in [0.15, 0.2) is 83.6 Å². The van der Waals surface area contributed by atoms with Crippen LogP contribution in [0.25, 0.3) is 16.9 Å². The van der Waals surface area contributed by atoms with Crippen molar-refractivity contribution < 1.29 is 4.79 Å². The van der Waals surface area contributed by atoms with Crippen molar-refractivity contribution in [3.8, 4) is 11.3 Å². The molecule has 0 atom stereocenters. The number of fused-ring (bicyclic) bond motifs is 1. The largest absolute Gasteiger partial charge is 0.323 e. The van der Waals surface area contributed by atoms with Crippen LogP contribution >= 0.6 is 15.9 Å². The lowest BCUT2D eigenvalue weighted by molar-refractivity contribution is 0.262. The molecule has 0 aliphatic rings. The van der Waals surface area contributed by atoms with Gasteiger partial charge in [-0.1, -0.05) is 30.3 Å². The summed E-state index contributed by atoms with van der Waals surface area (Å²) in [6.45, 7) is 0. The van der Waals surface area contributed by atoms with E-state index in [1.807, 2.05) is 83.5 Å². The van der Waals surface area contributed by atoms with Gasteiger partial charge in [0.05, 0.1) is 5.69 Å². The molecule has 0 unspecified atom stereocenters. The number of aromatic nitrogens is 2. The number of anilines is 2. The Hall–Kier alpha value is -3.12. The van der Waals surface area contributed by atoms with E-state index in [2.05, 4.69) is 31.5 Å². The molecule has 128 valence electrons. The van der Waals surface area contributed by atoms with E-state index < -0.39 is 0 Å². The molecule has 6 heteroatoms. The summed E-state index contributed by atoms with van der Waals surface area (Å²) in [7, 11) is 0. The van der Waals surface area contributed by atoms with Crippen molar-refractivity contribution in [3.63, 3.8) is 0 Å². The van der Waals surface area contributed by atoms with E-state index in [9.17, 15) is 4.79 Å². The second-order valence-electron chi connectivity index (χ2n) is 5.76. The topological polar surface area (TPSA) is 58.4 Å². The van der Waals surface area contributed by atoms with Crippen molar-refractivity contribution in [1.29, 1.82) is 0 Å². The summed E-state index contributed by atoms with van der Waals surface area (Å²) in [5, 5.41) is 5.65. The standard InChI is InChI=1S/C20H15BrN4O/c21-15-9-10-19-24-18(13-25(19)12-15)14-5-4-8-17(11-14)23-20(26)22-16-6-2-1-3-7-16/h1-13H,(H2,22,23,26). The summed E-state index contributed by atoms with van der Waals surface area (Å²) in [6.07, 6.45) is 3.92. The Kier molecular flexibility index (Phi) is 4.41. The molecular formula is C20H15BrN4O. The molecule has 0 fully saturated rings. The highest BCUT2D eigenvalue weighted by atomic mass is 79.9. The fourth-order valence-corrected chi connectivity index (χ4v) is 3.03. The number of halogens is 1. The normalized spacial score (nSPS) is 10.7. The van der Waals surface area contributed by atoms with Crippen molar-refractivity contribution >= 4 is 39.0 Å². The minimum absolute atomic E-state index is 0.285. The van der Waals surface area contributed by atoms with Gasteiger partial charge in [0.2, 0.25) is 0 Å². The lowest BCUT2D eigenvalue weighted by Crippen LogP contribution is -2.19. The number of imidazole rings is 1. The van der Waals surface area contributed by atoms with Gasteiger partial charge in [0.25, 0.3) is 0 Å². The maximum atomic E-state index is 12.2. The lowest BCUT2D eigenvalue weighted by Gasteiger charge is -2.08. The van der Waals surface area contributed by atoms with Crippen LogP contribution in [0.2, 0.25) is 0 Å². The zero-order valence-electron chi connectivity index (χ0n) is 13.7. The van der Waals surface area contributed by atoms with Gasteiger partial charge in [-0.25, -0.2) is 9.78 Å². The first-order valence-electron chi connectivity index (χ1n) is 8.05. The van der Waals surface area contributed by atoms with Crippen LogP contribution in [0.1, 0.15) is 0 Å². The third kappa shape index (κ3) is 3.60. The third-order valence-electron chi connectivity index (χ3n) is 3.86. The Balaban J connectivity index is 1.55. The molecule has 0 saturated carbocycles. The number of nitrogens with one attached hydrogen (secondary N) is 2. The summed E-state index contributed by atoms with van der Waals surface area (Å²) < 4.78 is 2.95. The van der Waals surface area contributed by atoms with E-state index in [0.29, 0.717) is 5.69 Å². The van der Waals surface area contributed by atoms with Gasteiger partial charge >= 0.3 is 6.03 Å². The number of para-hydroxylation sites is 1. The number of carbonyl (C=O) groups excluding carboxylic acids is 1. The Morgan fingerprint density at radius 2 is 1.65 bits per heavy atom. The highest BCUT2D eigenvalue weighted by Crippen LogP contribution is 2.23. The molecule has 0 saturated heterocycles. The predicted octanol–water partition coefficient (Wildman–Crippen LogP) is 5.41. The number of urea groups is 1.